The van der Waals surface area contributed by atoms with Crippen molar-refractivity contribution in [2.24, 2.45) is 17.6 Å². The van der Waals surface area contributed by atoms with E-state index in [-0.39, 0.29) is 6.04 Å². The molecule has 0 bridgehead atoms. The molecule has 1 heterocycles. The Bertz CT molecular complexity index is 332. The van der Waals surface area contributed by atoms with E-state index in [0.29, 0.717) is 6.04 Å². The van der Waals surface area contributed by atoms with Gasteiger partial charge in [-0.25, -0.2) is 0 Å². The minimum Gasteiger partial charge on any atom is -0.326 e. The molecule has 0 saturated heterocycles. The molecule has 0 amide bonds. The molecule has 2 atom stereocenters. The molecule has 0 aromatic carbocycles. The van der Waals surface area contributed by atoms with Crippen molar-refractivity contribution in [3.05, 3.63) is 22.4 Å². The van der Waals surface area contributed by atoms with Crippen LogP contribution in [0.4, 0.5) is 0 Å². The molecule has 20 heavy (non-hydrogen) atoms. The summed E-state index contributed by atoms with van der Waals surface area (Å²) in [5.74, 6) is 1.49. The second-order valence-electron chi connectivity index (χ2n) is 6.76. The van der Waals surface area contributed by atoms with Crippen molar-refractivity contribution < 1.29 is 0 Å². The maximum atomic E-state index is 6.30. The largest absolute Gasteiger partial charge is 0.326 e. The Balaban J connectivity index is 2.80. The minimum atomic E-state index is 0.170. The van der Waals surface area contributed by atoms with Gasteiger partial charge in [-0.3, -0.25) is 4.90 Å². The van der Waals surface area contributed by atoms with Crippen molar-refractivity contribution in [1.29, 1.82) is 0 Å². The summed E-state index contributed by atoms with van der Waals surface area (Å²) in [7, 11) is 0. The lowest BCUT2D eigenvalue weighted by molar-refractivity contribution is 0.159. The number of nitrogens with zero attached hydrogens (tertiary/aromatic N) is 1. The van der Waals surface area contributed by atoms with Gasteiger partial charge in [-0.1, -0.05) is 27.7 Å². The summed E-state index contributed by atoms with van der Waals surface area (Å²) in [5, 5.41) is 4.42. The number of nitrogens with two attached hydrogens (primary N) is 1. The second kappa shape index (κ2) is 8.81. The van der Waals surface area contributed by atoms with Gasteiger partial charge in [-0.15, -0.1) is 0 Å². The Morgan fingerprint density at radius 3 is 1.95 bits per heavy atom. The van der Waals surface area contributed by atoms with Crippen molar-refractivity contribution in [2.45, 2.75) is 59.5 Å². The van der Waals surface area contributed by atoms with Crippen LogP contribution < -0.4 is 5.73 Å². The van der Waals surface area contributed by atoms with Gasteiger partial charge in [0, 0.05) is 6.04 Å². The van der Waals surface area contributed by atoms with Crippen molar-refractivity contribution in [3.8, 4) is 0 Å². The van der Waals surface area contributed by atoms with Crippen LogP contribution in [0.1, 0.15) is 59.1 Å². The normalized spacial score (nSPS) is 15.2. The van der Waals surface area contributed by atoms with E-state index in [4.69, 9.17) is 5.73 Å². The predicted octanol–water partition coefficient (Wildman–Crippen LogP) is 4.53. The van der Waals surface area contributed by atoms with Crippen LogP contribution in [0.25, 0.3) is 0 Å². The first-order valence-corrected chi connectivity index (χ1v) is 8.87. The van der Waals surface area contributed by atoms with Crippen LogP contribution in [0.3, 0.4) is 0 Å². The molecule has 2 unspecified atom stereocenters. The third-order valence-electron chi connectivity index (χ3n) is 3.76. The first-order chi connectivity index (χ1) is 9.41. The molecule has 0 aliphatic rings. The molecule has 3 heteroatoms. The molecule has 0 radical (unpaired) electrons. The van der Waals surface area contributed by atoms with E-state index < -0.39 is 0 Å². The lowest BCUT2D eigenvalue weighted by Crippen LogP contribution is -2.41. The zero-order valence-corrected chi connectivity index (χ0v) is 14.6. The van der Waals surface area contributed by atoms with E-state index in [0.717, 1.165) is 24.9 Å². The van der Waals surface area contributed by atoms with E-state index in [9.17, 15) is 0 Å². The van der Waals surface area contributed by atoms with E-state index in [2.05, 4.69) is 56.3 Å². The molecule has 0 spiro atoms. The summed E-state index contributed by atoms with van der Waals surface area (Å²) in [5.41, 5.74) is 7.69. The fraction of sp³-hybridized carbons (Fsp3) is 0.765. The number of rotatable bonds is 9. The third kappa shape index (κ3) is 5.94. The Morgan fingerprint density at radius 2 is 1.60 bits per heavy atom. The van der Waals surface area contributed by atoms with Crippen LogP contribution in [-0.4, -0.2) is 24.0 Å². The summed E-state index contributed by atoms with van der Waals surface area (Å²) in [4.78, 5) is 2.60. The molecular formula is C17H32N2S. The minimum absolute atomic E-state index is 0.170. The maximum Gasteiger partial charge on any atom is 0.0504 e. The lowest BCUT2D eigenvalue weighted by atomic mass is 9.99. The Kier molecular flexibility index (Phi) is 7.78. The molecule has 0 aliphatic heterocycles. The molecule has 1 aromatic heterocycles. The maximum absolute atomic E-state index is 6.30. The van der Waals surface area contributed by atoms with Crippen LogP contribution in [0, 0.1) is 11.8 Å². The standard InChI is InChI=1S/C17H32N2S/c1-13(2)6-9-19(10-7-14(3)4)17(15(5)18)16-8-11-20-12-16/h8,11-15,17H,6-7,9-10,18H2,1-5H3. The van der Waals surface area contributed by atoms with Gasteiger partial charge in [-0.05, 0) is 67.1 Å². The molecular weight excluding hydrogens is 264 g/mol. The fourth-order valence-electron chi connectivity index (χ4n) is 2.53. The van der Waals surface area contributed by atoms with Gasteiger partial charge in [0.25, 0.3) is 0 Å². The lowest BCUT2D eigenvalue weighted by Gasteiger charge is -2.35. The summed E-state index contributed by atoms with van der Waals surface area (Å²) in [6.45, 7) is 13.6. The highest BCUT2D eigenvalue weighted by Gasteiger charge is 2.24. The number of hydrogen-bond donors (Lipinski definition) is 1. The average molecular weight is 297 g/mol. The average Bonchev–Trinajstić information content (AvgIpc) is 2.84. The summed E-state index contributed by atoms with van der Waals surface area (Å²) >= 11 is 1.77. The van der Waals surface area contributed by atoms with E-state index >= 15 is 0 Å². The molecule has 1 aromatic rings. The van der Waals surface area contributed by atoms with Gasteiger partial charge in [0.2, 0.25) is 0 Å². The quantitative estimate of drug-likeness (QED) is 0.725. The highest BCUT2D eigenvalue weighted by molar-refractivity contribution is 7.07. The first kappa shape index (κ1) is 17.7. The third-order valence-corrected chi connectivity index (χ3v) is 4.46. The number of thiophene rings is 1. The SMILES string of the molecule is CC(C)CCN(CCC(C)C)C(c1ccsc1)C(C)N. The van der Waals surface area contributed by atoms with E-state index in [1.165, 1.54) is 18.4 Å². The monoisotopic (exact) mass is 296 g/mol. The summed E-state index contributed by atoms with van der Waals surface area (Å²) < 4.78 is 0. The van der Waals surface area contributed by atoms with Crippen molar-refractivity contribution >= 4 is 11.3 Å². The molecule has 2 nitrogen and oxygen atoms in total. The van der Waals surface area contributed by atoms with Crippen LogP contribution in [0.15, 0.2) is 16.8 Å². The van der Waals surface area contributed by atoms with Gasteiger partial charge in [0.05, 0.1) is 6.04 Å². The molecule has 0 fully saturated rings. The summed E-state index contributed by atoms with van der Waals surface area (Å²) in [6, 6.07) is 2.76. The molecule has 1 rings (SSSR count). The molecule has 0 saturated carbocycles. The molecule has 2 N–H and O–H groups in total. The highest BCUT2D eigenvalue weighted by atomic mass is 32.1. The second-order valence-corrected chi connectivity index (χ2v) is 7.54. The summed E-state index contributed by atoms with van der Waals surface area (Å²) in [6.07, 6.45) is 2.48. The van der Waals surface area contributed by atoms with Crippen molar-refractivity contribution in [3.63, 3.8) is 0 Å². The smallest absolute Gasteiger partial charge is 0.0504 e. The molecule has 116 valence electrons. The van der Waals surface area contributed by atoms with Crippen LogP contribution in [-0.2, 0) is 0 Å². The van der Waals surface area contributed by atoms with Gasteiger partial charge >= 0.3 is 0 Å². The Morgan fingerprint density at radius 1 is 1.05 bits per heavy atom. The van der Waals surface area contributed by atoms with Crippen molar-refractivity contribution in [1.82, 2.24) is 4.90 Å². The van der Waals surface area contributed by atoms with Crippen LogP contribution in [0.2, 0.25) is 0 Å². The zero-order chi connectivity index (χ0) is 15.1. The van der Waals surface area contributed by atoms with Gasteiger partial charge in [-0.2, -0.15) is 11.3 Å². The predicted molar refractivity (Wildman–Crippen MR) is 91.2 cm³/mol. The van der Waals surface area contributed by atoms with Gasteiger partial charge in [0.1, 0.15) is 0 Å². The van der Waals surface area contributed by atoms with E-state index in [1.807, 2.05) is 0 Å². The van der Waals surface area contributed by atoms with Crippen LogP contribution >= 0.6 is 11.3 Å². The van der Waals surface area contributed by atoms with E-state index in [1.54, 1.807) is 11.3 Å². The topological polar surface area (TPSA) is 29.3 Å². The van der Waals surface area contributed by atoms with Crippen LogP contribution in [0.5, 0.6) is 0 Å². The number of hydrogen-bond acceptors (Lipinski definition) is 3. The van der Waals surface area contributed by atoms with Crippen molar-refractivity contribution in [2.75, 3.05) is 13.1 Å². The van der Waals surface area contributed by atoms with Gasteiger partial charge in [0.15, 0.2) is 0 Å². The fourth-order valence-corrected chi connectivity index (χ4v) is 3.22. The molecule has 0 aliphatic carbocycles. The highest BCUT2D eigenvalue weighted by Crippen LogP contribution is 2.27. The first-order valence-electron chi connectivity index (χ1n) is 7.93. The Labute approximate surface area is 129 Å². The Hall–Kier alpha value is -0.380. The van der Waals surface area contributed by atoms with Gasteiger partial charge < -0.3 is 5.73 Å². The zero-order valence-electron chi connectivity index (χ0n) is 13.8.